The van der Waals surface area contributed by atoms with Gasteiger partial charge in [-0.15, -0.1) is 0 Å². The van der Waals surface area contributed by atoms with Gasteiger partial charge in [-0.1, -0.05) is 32.9 Å². The standard InChI is InChI=1S/C17H21F3N2O3/c1-11-9-16(24,17(18,19)20)22(21-11)14(23)10-25-13-7-5-12(6-8-13)15(2,3)4/h5-8,24H,9-10H2,1-4H3/t16-/m0/s1. The average Bonchev–Trinajstić information content (AvgIpc) is 2.80. The predicted octanol–water partition coefficient (Wildman–Crippen LogP) is 3.22. The van der Waals surface area contributed by atoms with Crippen LogP contribution in [0.3, 0.4) is 0 Å². The maximum Gasteiger partial charge on any atom is 0.438 e. The molecule has 0 saturated heterocycles. The summed E-state index contributed by atoms with van der Waals surface area (Å²) in [4.78, 5) is 12.1. The number of alkyl halides is 3. The van der Waals surface area contributed by atoms with Gasteiger partial charge >= 0.3 is 6.18 Å². The molecule has 1 amide bonds. The minimum atomic E-state index is -5.02. The summed E-state index contributed by atoms with van der Waals surface area (Å²) >= 11 is 0. The third-order valence-electron chi connectivity index (χ3n) is 3.90. The molecule has 2 rings (SSSR count). The third-order valence-corrected chi connectivity index (χ3v) is 3.90. The fraction of sp³-hybridized carbons (Fsp3) is 0.529. The van der Waals surface area contributed by atoms with Crippen LogP contribution in [-0.4, -0.2) is 40.2 Å². The SMILES string of the molecule is CC1=NN(C(=O)COc2ccc(C(C)(C)C)cc2)[C@@](O)(C(F)(F)F)C1. The van der Waals surface area contributed by atoms with E-state index >= 15 is 0 Å². The fourth-order valence-electron chi connectivity index (χ4n) is 2.46. The first-order valence-corrected chi connectivity index (χ1v) is 7.74. The van der Waals surface area contributed by atoms with E-state index in [4.69, 9.17) is 4.74 Å². The number of rotatable bonds is 3. The minimum absolute atomic E-state index is 0.0164. The van der Waals surface area contributed by atoms with Crippen LogP contribution in [-0.2, 0) is 10.2 Å². The molecule has 1 aliphatic heterocycles. The van der Waals surface area contributed by atoms with Gasteiger partial charge < -0.3 is 9.84 Å². The molecule has 1 heterocycles. The van der Waals surface area contributed by atoms with Gasteiger partial charge in [-0.3, -0.25) is 4.79 Å². The van der Waals surface area contributed by atoms with Crippen molar-refractivity contribution in [1.29, 1.82) is 0 Å². The largest absolute Gasteiger partial charge is 0.484 e. The van der Waals surface area contributed by atoms with E-state index in [0.29, 0.717) is 5.75 Å². The Morgan fingerprint density at radius 1 is 1.28 bits per heavy atom. The van der Waals surface area contributed by atoms with Crippen molar-refractivity contribution < 1.29 is 27.8 Å². The first-order chi connectivity index (χ1) is 11.3. The monoisotopic (exact) mass is 358 g/mol. The molecule has 138 valence electrons. The highest BCUT2D eigenvalue weighted by Gasteiger charge is 2.62. The van der Waals surface area contributed by atoms with Gasteiger partial charge in [-0.05, 0) is 30.0 Å². The molecule has 1 aromatic rings. The molecule has 0 saturated carbocycles. The Bertz CT molecular complexity index is 678. The summed E-state index contributed by atoms with van der Waals surface area (Å²) in [6.07, 6.45) is -5.79. The summed E-state index contributed by atoms with van der Waals surface area (Å²) in [7, 11) is 0. The average molecular weight is 358 g/mol. The molecule has 5 nitrogen and oxygen atoms in total. The second kappa shape index (κ2) is 6.33. The molecule has 0 radical (unpaired) electrons. The molecular formula is C17H21F3N2O3. The van der Waals surface area contributed by atoms with Crippen molar-refractivity contribution >= 4 is 11.6 Å². The Morgan fingerprint density at radius 3 is 2.32 bits per heavy atom. The zero-order valence-corrected chi connectivity index (χ0v) is 14.5. The fourth-order valence-corrected chi connectivity index (χ4v) is 2.46. The van der Waals surface area contributed by atoms with Crippen molar-refractivity contribution in [3.63, 3.8) is 0 Å². The highest BCUT2D eigenvalue weighted by molar-refractivity contribution is 5.89. The molecule has 0 bridgehead atoms. The van der Waals surface area contributed by atoms with E-state index in [2.05, 4.69) is 5.10 Å². The molecule has 0 spiro atoms. The van der Waals surface area contributed by atoms with Crippen LogP contribution in [0.5, 0.6) is 5.75 Å². The maximum atomic E-state index is 13.1. The summed E-state index contributed by atoms with van der Waals surface area (Å²) in [5.74, 6) is -0.728. The lowest BCUT2D eigenvalue weighted by Crippen LogP contribution is -2.57. The Labute approximate surface area is 144 Å². The number of benzene rings is 1. The van der Waals surface area contributed by atoms with Crippen molar-refractivity contribution in [2.75, 3.05) is 6.61 Å². The Kier molecular flexibility index (Phi) is 4.87. The molecule has 1 aliphatic rings. The first-order valence-electron chi connectivity index (χ1n) is 7.74. The summed E-state index contributed by atoms with van der Waals surface area (Å²) in [5.41, 5.74) is -2.31. The van der Waals surface area contributed by atoms with Gasteiger partial charge in [0.15, 0.2) is 6.61 Å². The van der Waals surface area contributed by atoms with Gasteiger partial charge in [0.25, 0.3) is 11.6 Å². The van der Waals surface area contributed by atoms with E-state index in [1.54, 1.807) is 12.1 Å². The van der Waals surface area contributed by atoms with Gasteiger partial charge in [0.05, 0.1) is 0 Å². The highest BCUT2D eigenvalue weighted by Crippen LogP contribution is 2.40. The molecule has 25 heavy (non-hydrogen) atoms. The number of hydrogen-bond donors (Lipinski definition) is 1. The number of carbonyl (C=O) groups is 1. The molecule has 0 aliphatic carbocycles. The number of nitrogens with zero attached hydrogens (tertiary/aromatic N) is 2. The topological polar surface area (TPSA) is 62.1 Å². The second-order valence-electron chi connectivity index (χ2n) is 7.10. The van der Waals surface area contributed by atoms with Crippen molar-refractivity contribution in [2.24, 2.45) is 5.10 Å². The van der Waals surface area contributed by atoms with Gasteiger partial charge in [0.2, 0.25) is 0 Å². The predicted molar refractivity (Wildman–Crippen MR) is 86.2 cm³/mol. The van der Waals surface area contributed by atoms with Crippen LogP contribution in [0.15, 0.2) is 29.4 Å². The van der Waals surface area contributed by atoms with E-state index in [1.165, 1.54) is 6.92 Å². The van der Waals surface area contributed by atoms with Crippen LogP contribution < -0.4 is 4.74 Å². The lowest BCUT2D eigenvalue weighted by atomic mass is 9.87. The summed E-state index contributed by atoms with van der Waals surface area (Å²) < 4.78 is 44.5. The minimum Gasteiger partial charge on any atom is -0.484 e. The van der Waals surface area contributed by atoms with E-state index in [9.17, 15) is 23.1 Å². The molecule has 0 aromatic heterocycles. The van der Waals surface area contributed by atoms with Crippen LogP contribution in [0.2, 0.25) is 0 Å². The highest BCUT2D eigenvalue weighted by atomic mass is 19.4. The molecule has 0 unspecified atom stereocenters. The van der Waals surface area contributed by atoms with E-state index in [1.807, 2.05) is 32.9 Å². The summed E-state index contributed by atoms with van der Waals surface area (Å²) in [6.45, 7) is 6.77. The molecule has 0 fully saturated rings. The Morgan fingerprint density at radius 2 is 1.84 bits per heavy atom. The number of halogens is 3. The van der Waals surface area contributed by atoms with Crippen molar-refractivity contribution in [2.45, 2.75) is 51.4 Å². The number of hydrogen-bond acceptors (Lipinski definition) is 4. The maximum absolute atomic E-state index is 13.1. The molecule has 1 aromatic carbocycles. The van der Waals surface area contributed by atoms with Crippen molar-refractivity contribution in [3.8, 4) is 5.75 Å². The van der Waals surface area contributed by atoms with Crippen LogP contribution in [0.4, 0.5) is 13.2 Å². The van der Waals surface area contributed by atoms with Crippen LogP contribution in [0, 0.1) is 0 Å². The third kappa shape index (κ3) is 3.95. The number of amides is 1. The number of aliphatic hydroxyl groups is 1. The van der Waals surface area contributed by atoms with Gasteiger partial charge in [0.1, 0.15) is 5.75 Å². The Hall–Kier alpha value is -2.09. The molecule has 8 heteroatoms. The van der Waals surface area contributed by atoms with Gasteiger partial charge in [-0.2, -0.15) is 23.3 Å². The Balaban J connectivity index is 2.07. The normalized spacial score (nSPS) is 21.3. The van der Waals surface area contributed by atoms with Crippen molar-refractivity contribution in [3.05, 3.63) is 29.8 Å². The van der Waals surface area contributed by atoms with Crippen molar-refractivity contribution in [1.82, 2.24) is 5.01 Å². The van der Waals surface area contributed by atoms with Crippen LogP contribution in [0.25, 0.3) is 0 Å². The summed E-state index contributed by atoms with van der Waals surface area (Å²) in [5, 5.41) is 13.4. The summed E-state index contributed by atoms with van der Waals surface area (Å²) in [6, 6.07) is 6.93. The zero-order valence-electron chi connectivity index (χ0n) is 14.5. The van der Waals surface area contributed by atoms with E-state index in [0.717, 1.165) is 5.56 Å². The number of carbonyl (C=O) groups excluding carboxylic acids is 1. The van der Waals surface area contributed by atoms with Crippen LogP contribution in [0.1, 0.15) is 39.7 Å². The molecule has 1 atom stereocenters. The first kappa shape index (κ1) is 19.2. The van der Waals surface area contributed by atoms with Gasteiger partial charge in [-0.25, -0.2) is 0 Å². The number of hydrazone groups is 1. The molecule has 1 N–H and O–H groups in total. The van der Waals surface area contributed by atoms with E-state index in [-0.39, 0.29) is 16.1 Å². The second-order valence-corrected chi connectivity index (χ2v) is 7.10. The number of ether oxygens (including phenoxy) is 1. The van der Waals surface area contributed by atoms with Gasteiger partial charge in [0, 0.05) is 12.1 Å². The van der Waals surface area contributed by atoms with E-state index < -0.39 is 30.8 Å². The smallest absolute Gasteiger partial charge is 0.438 e. The lowest BCUT2D eigenvalue weighted by molar-refractivity contribution is -0.302. The van der Waals surface area contributed by atoms with Crippen LogP contribution >= 0.6 is 0 Å². The zero-order chi connectivity index (χ0) is 19.0. The lowest BCUT2D eigenvalue weighted by Gasteiger charge is -2.32. The quantitative estimate of drug-likeness (QED) is 0.902. The molecular weight excluding hydrogens is 337 g/mol.